The first-order valence-corrected chi connectivity index (χ1v) is 4.21. The van der Waals surface area contributed by atoms with Crippen LogP contribution >= 0.6 is 0 Å². The molecule has 0 saturated heterocycles. The zero-order valence-corrected chi connectivity index (χ0v) is 7.80. The third-order valence-electron chi connectivity index (χ3n) is 1.81. The van der Waals surface area contributed by atoms with Gasteiger partial charge >= 0.3 is 5.97 Å². The fourth-order valence-corrected chi connectivity index (χ4v) is 1.02. The largest absolute Gasteiger partial charge is 0.481 e. The maximum absolute atomic E-state index is 10.3. The molecular formula is C10H12O4. The van der Waals surface area contributed by atoms with Crippen molar-refractivity contribution in [2.45, 2.75) is 19.4 Å². The van der Waals surface area contributed by atoms with Crippen LogP contribution in [0.4, 0.5) is 0 Å². The van der Waals surface area contributed by atoms with E-state index in [2.05, 4.69) is 0 Å². The van der Waals surface area contributed by atoms with Crippen molar-refractivity contribution in [1.82, 2.24) is 0 Å². The standard InChI is InChI=1S/C10H12O4/c1-7(9(11)6-10(12)13)5-8-3-2-4-14-8/h2-5,9,11H,6H2,1H3,(H,12,13)/b7-5+/t9-/m1/s1. The van der Waals surface area contributed by atoms with Gasteiger partial charge in [-0.2, -0.15) is 0 Å². The van der Waals surface area contributed by atoms with Crippen LogP contribution in [-0.2, 0) is 4.79 Å². The van der Waals surface area contributed by atoms with E-state index < -0.39 is 12.1 Å². The summed E-state index contributed by atoms with van der Waals surface area (Å²) in [5.41, 5.74) is 0.572. The Labute approximate surface area is 81.5 Å². The topological polar surface area (TPSA) is 70.7 Å². The number of carboxylic acid groups (broad SMARTS) is 1. The first kappa shape index (κ1) is 10.5. The molecule has 0 aliphatic heterocycles. The summed E-state index contributed by atoms with van der Waals surface area (Å²) < 4.78 is 5.02. The van der Waals surface area contributed by atoms with Crippen molar-refractivity contribution in [1.29, 1.82) is 0 Å². The second kappa shape index (κ2) is 4.62. The van der Waals surface area contributed by atoms with Gasteiger partial charge in [-0.25, -0.2) is 0 Å². The number of hydrogen-bond donors (Lipinski definition) is 2. The van der Waals surface area contributed by atoms with Crippen LogP contribution in [0.2, 0.25) is 0 Å². The quantitative estimate of drug-likeness (QED) is 0.765. The van der Waals surface area contributed by atoms with Gasteiger partial charge in [0.2, 0.25) is 0 Å². The molecule has 1 aromatic heterocycles. The maximum Gasteiger partial charge on any atom is 0.306 e. The zero-order chi connectivity index (χ0) is 10.6. The van der Waals surface area contributed by atoms with Gasteiger partial charge in [0.25, 0.3) is 0 Å². The zero-order valence-electron chi connectivity index (χ0n) is 7.80. The predicted octanol–water partition coefficient (Wildman–Crippen LogP) is 1.52. The lowest BCUT2D eigenvalue weighted by molar-refractivity contribution is -0.138. The van der Waals surface area contributed by atoms with Gasteiger partial charge in [-0.15, -0.1) is 0 Å². The lowest BCUT2D eigenvalue weighted by atomic mass is 10.1. The fraction of sp³-hybridized carbons (Fsp3) is 0.300. The molecule has 0 aliphatic carbocycles. The summed E-state index contributed by atoms with van der Waals surface area (Å²) >= 11 is 0. The van der Waals surface area contributed by atoms with E-state index in [1.54, 1.807) is 25.1 Å². The highest BCUT2D eigenvalue weighted by Gasteiger charge is 2.11. The Bertz CT molecular complexity index is 324. The molecule has 0 saturated carbocycles. The van der Waals surface area contributed by atoms with Crippen LogP contribution in [0.3, 0.4) is 0 Å². The molecule has 0 aromatic carbocycles. The number of carbonyl (C=O) groups is 1. The summed E-state index contributed by atoms with van der Waals surface area (Å²) in [6, 6.07) is 3.46. The minimum atomic E-state index is -1.02. The van der Waals surface area contributed by atoms with Crippen molar-refractivity contribution in [3.05, 3.63) is 29.7 Å². The molecule has 0 aliphatic rings. The van der Waals surface area contributed by atoms with E-state index in [4.69, 9.17) is 9.52 Å². The van der Waals surface area contributed by atoms with Crippen LogP contribution < -0.4 is 0 Å². The Balaban J connectivity index is 2.64. The van der Waals surface area contributed by atoms with Gasteiger partial charge in [-0.1, -0.05) is 0 Å². The van der Waals surface area contributed by atoms with E-state index in [9.17, 15) is 9.90 Å². The first-order valence-electron chi connectivity index (χ1n) is 4.21. The van der Waals surface area contributed by atoms with Gasteiger partial charge in [0.05, 0.1) is 18.8 Å². The van der Waals surface area contributed by atoms with Crippen LogP contribution in [0.1, 0.15) is 19.1 Å². The molecule has 1 rings (SSSR count). The molecule has 0 radical (unpaired) electrons. The van der Waals surface area contributed by atoms with Crippen LogP contribution in [-0.4, -0.2) is 22.3 Å². The van der Waals surface area contributed by atoms with Gasteiger partial charge in [0.1, 0.15) is 5.76 Å². The number of aliphatic carboxylic acids is 1. The molecule has 4 heteroatoms. The molecule has 76 valence electrons. The number of furan rings is 1. The van der Waals surface area contributed by atoms with E-state index in [-0.39, 0.29) is 6.42 Å². The Hall–Kier alpha value is -1.55. The highest BCUT2D eigenvalue weighted by molar-refractivity contribution is 5.68. The summed E-state index contributed by atoms with van der Waals surface area (Å²) in [6.45, 7) is 1.66. The van der Waals surface area contributed by atoms with E-state index in [0.29, 0.717) is 11.3 Å². The lowest BCUT2D eigenvalue weighted by Crippen LogP contribution is -2.13. The molecule has 0 amide bonds. The third kappa shape index (κ3) is 3.06. The lowest BCUT2D eigenvalue weighted by Gasteiger charge is -2.07. The second-order valence-corrected chi connectivity index (χ2v) is 3.02. The monoisotopic (exact) mass is 196 g/mol. The van der Waals surface area contributed by atoms with E-state index in [1.807, 2.05) is 0 Å². The summed E-state index contributed by atoms with van der Waals surface area (Å²) in [5, 5.41) is 17.8. The fourth-order valence-electron chi connectivity index (χ4n) is 1.02. The Morgan fingerprint density at radius 1 is 1.71 bits per heavy atom. The van der Waals surface area contributed by atoms with Crippen molar-refractivity contribution in [2.24, 2.45) is 0 Å². The van der Waals surface area contributed by atoms with Crippen LogP contribution in [0, 0.1) is 0 Å². The molecule has 0 fully saturated rings. The average molecular weight is 196 g/mol. The summed E-state index contributed by atoms with van der Waals surface area (Å²) in [6.07, 6.45) is 1.89. The second-order valence-electron chi connectivity index (χ2n) is 3.02. The van der Waals surface area contributed by atoms with Crippen LogP contribution in [0.25, 0.3) is 6.08 Å². The summed E-state index contributed by atoms with van der Waals surface area (Å²) in [5.74, 6) is -0.420. The van der Waals surface area contributed by atoms with Gasteiger partial charge < -0.3 is 14.6 Å². The minimum Gasteiger partial charge on any atom is -0.481 e. The third-order valence-corrected chi connectivity index (χ3v) is 1.81. The Morgan fingerprint density at radius 3 is 2.93 bits per heavy atom. The highest BCUT2D eigenvalue weighted by Crippen LogP contribution is 2.12. The molecule has 1 heterocycles. The van der Waals surface area contributed by atoms with Crippen LogP contribution in [0.5, 0.6) is 0 Å². The van der Waals surface area contributed by atoms with Gasteiger partial charge in [0, 0.05) is 0 Å². The normalized spacial score (nSPS) is 14.0. The van der Waals surface area contributed by atoms with Gasteiger partial charge in [-0.3, -0.25) is 4.79 Å². The number of carboxylic acids is 1. The van der Waals surface area contributed by atoms with E-state index >= 15 is 0 Å². The van der Waals surface area contributed by atoms with Gasteiger partial charge in [-0.05, 0) is 30.7 Å². The van der Waals surface area contributed by atoms with Crippen LogP contribution in [0.15, 0.2) is 28.4 Å². The summed E-state index contributed by atoms with van der Waals surface area (Å²) in [4.78, 5) is 10.3. The molecular weight excluding hydrogens is 184 g/mol. The van der Waals surface area contributed by atoms with Crippen molar-refractivity contribution in [3.63, 3.8) is 0 Å². The minimum absolute atomic E-state index is 0.289. The molecule has 4 nitrogen and oxygen atoms in total. The van der Waals surface area contributed by atoms with Crippen molar-refractivity contribution >= 4 is 12.0 Å². The first-order chi connectivity index (χ1) is 6.59. The summed E-state index contributed by atoms with van der Waals surface area (Å²) in [7, 11) is 0. The van der Waals surface area contributed by atoms with E-state index in [1.165, 1.54) is 6.26 Å². The number of aliphatic hydroxyl groups is 1. The van der Waals surface area contributed by atoms with Gasteiger partial charge in [0.15, 0.2) is 0 Å². The molecule has 1 aromatic rings. The van der Waals surface area contributed by atoms with E-state index in [0.717, 1.165) is 0 Å². The highest BCUT2D eigenvalue weighted by atomic mass is 16.4. The van der Waals surface area contributed by atoms with Crippen molar-refractivity contribution < 1.29 is 19.4 Å². The number of aliphatic hydroxyl groups excluding tert-OH is 1. The Kier molecular flexibility index (Phi) is 3.48. The molecule has 0 spiro atoms. The predicted molar refractivity (Wildman–Crippen MR) is 50.6 cm³/mol. The smallest absolute Gasteiger partial charge is 0.306 e. The van der Waals surface area contributed by atoms with Crippen molar-refractivity contribution in [2.75, 3.05) is 0 Å². The number of rotatable bonds is 4. The molecule has 0 bridgehead atoms. The Morgan fingerprint density at radius 2 is 2.43 bits per heavy atom. The molecule has 2 N–H and O–H groups in total. The maximum atomic E-state index is 10.3. The molecule has 0 unspecified atom stereocenters. The average Bonchev–Trinajstić information content (AvgIpc) is 2.55. The SMILES string of the molecule is C/C(=C\c1ccco1)[C@H](O)CC(=O)O. The molecule has 1 atom stereocenters. The number of hydrogen-bond acceptors (Lipinski definition) is 3. The molecule has 14 heavy (non-hydrogen) atoms. The van der Waals surface area contributed by atoms with Crippen molar-refractivity contribution in [3.8, 4) is 0 Å².